The van der Waals surface area contributed by atoms with Gasteiger partial charge >= 0.3 is 0 Å². The van der Waals surface area contributed by atoms with Gasteiger partial charge in [0.1, 0.15) is 0 Å². The highest BCUT2D eigenvalue weighted by molar-refractivity contribution is 6.32. The largest absolute Gasteiger partial charge is 0.347 e. The molecule has 2 N–H and O–H groups in total. The summed E-state index contributed by atoms with van der Waals surface area (Å²) in [4.78, 5) is 2.58. The molecule has 0 aliphatic carbocycles. The van der Waals surface area contributed by atoms with Crippen LogP contribution in [0.25, 0.3) is 10.9 Å². The minimum absolute atomic E-state index is 0.725. The van der Waals surface area contributed by atoms with Gasteiger partial charge in [-0.15, -0.1) is 0 Å². The number of nitrogens with two attached hydrogens (primary N) is 1. The number of nitrogens with zero attached hydrogens (tertiary/aromatic N) is 2. The number of rotatable bonds is 6. The Morgan fingerprint density at radius 3 is 2.68 bits per heavy atom. The van der Waals surface area contributed by atoms with Gasteiger partial charge in [0.15, 0.2) is 0 Å². The highest BCUT2D eigenvalue weighted by Crippen LogP contribution is 2.28. The first-order valence-electron chi connectivity index (χ1n) is 8.39. The molecule has 0 amide bonds. The first-order chi connectivity index (χ1) is 10.7. The number of aryl methyl sites for hydroxylation is 2. The van der Waals surface area contributed by atoms with E-state index in [4.69, 9.17) is 17.3 Å². The van der Waals surface area contributed by atoms with E-state index in [0.29, 0.717) is 0 Å². The SMILES string of the molecule is Cc1cc2c(CCN3CCCC3)cn(CCCN)c2cc1Cl. The Morgan fingerprint density at radius 1 is 1.18 bits per heavy atom. The van der Waals surface area contributed by atoms with E-state index in [1.54, 1.807) is 0 Å². The summed E-state index contributed by atoms with van der Waals surface area (Å²) >= 11 is 6.34. The molecule has 0 saturated carbocycles. The summed E-state index contributed by atoms with van der Waals surface area (Å²) in [7, 11) is 0. The zero-order valence-corrected chi connectivity index (χ0v) is 14.2. The average Bonchev–Trinajstić information content (AvgIpc) is 3.12. The maximum absolute atomic E-state index is 6.34. The fraction of sp³-hybridized carbons (Fsp3) is 0.556. The van der Waals surface area contributed by atoms with Crippen LogP contribution >= 0.6 is 11.6 Å². The van der Waals surface area contributed by atoms with Crippen LogP contribution < -0.4 is 5.73 Å². The summed E-state index contributed by atoms with van der Waals surface area (Å²) in [6, 6.07) is 4.36. The number of likely N-dealkylation sites (tertiary alicyclic amines) is 1. The monoisotopic (exact) mass is 319 g/mol. The zero-order chi connectivity index (χ0) is 15.5. The molecule has 2 heterocycles. The first kappa shape index (κ1) is 15.9. The van der Waals surface area contributed by atoms with Gasteiger partial charge in [-0.1, -0.05) is 11.6 Å². The molecule has 2 aromatic rings. The number of hydrogen-bond acceptors (Lipinski definition) is 2. The molecule has 120 valence electrons. The molecular formula is C18H26ClN3. The van der Waals surface area contributed by atoms with Gasteiger partial charge in [-0.25, -0.2) is 0 Å². The van der Waals surface area contributed by atoms with Crippen LogP contribution in [-0.4, -0.2) is 35.6 Å². The third-order valence-electron chi connectivity index (χ3n) is 4.74. The molecule has 0 spiro atoms. The molecule has 1 aromatic carbocycles. The molecule has 22 heavy (non-hydrogen) atoms. The van der Waals surface area contributed by atoms with Crippen molar-refractivity contribution in [2.75, 3.05) is 26.2 Å². The van der Waals surface area contributed by atoms with Crippen LogP contribution in [0.15, 0.2) is 18.3 Å². The van der Waals surface area contributed by atoms with E-state index in [2.05, 4.69) is 34.7 Å². The second kappa shape index (κ2) is 7.03. The van der Waals surface area contributed by atoms with E-state index in [1.807, 2.05) is 0 Å². The molecule has 1 fully saturated rings. The van der Waals surface area contributed by atoms with E-state index in [0.717, 1.165) is 43.1 Å². The third-order valence-corrected chi connectivity index (χ3v) is 5.15. The summed E-state index contributed by atoms with van der Waals surface area (Å²) in [6.45, 7) is 7.47. The van der Waals surface area contributed by atoms with Crippen LogP contribution in [0.1, 0.15) is 30.4 Å². The van der Waals surface area contributed by atoms with E-state index in [9.17, 15) is 0 Å². The molecule has 1 aliphatic heterocycles. The Morgan fingerprint density at radius 2 is 1.95 bits per heavy atom. The molecule has 1 aliphatic rings. The van der Waals surface area contributed by atoms with Crippen LogP contribution in [-0.2, 0) is 13.0 Å². The minimum Gasteiger partial charge on any atom is -0.347 e. The van der Waals surface area contributed by atoms with Gasteiger partial charge in [-0.2, -0.15) is 0 Å². The molecule has 0 unspecified atom stereocenters. The van der Waals surface area contributed by atoms with Gasteiger partial charge < -0.3 is 15.2 Å². The van der Waals surface area contributed by atoms with Crippen LogP contribution in [0.2, 0.25) is 5.02 Å². The highest BCUT2D eigenvalue weighted by Gasteiger charge is 2.14. The van der Waals surface area contributed by atoms with E-state index >= 15 is 0 Å². The Bertz CT molecular complexity index is 641. The Balaban J connectivity index is 1.88. The first-order valence-corrected chi connectivity index (χ1v) is 8.77. The van der Waals surface area contributed by atoms with Crippen LogP contribution in [0.3, 0.4) is 0 Å². The van der Waals surface area contributed by atoms with Gasteiger partial charge in [0.05, 0.1) is 0 Å². The van der Waals surface area contributed by atoms with Crippen molar-refractivity contribution in [3.8, 4) is 0 Å². The number of fused-ring (bicyclic) bond motifs is 1. The van der Waals surface area contributed by atoms with Crippen molar-refractivity contribution in [1.29, 1.82) is 0 Å². The van der Waals surface area contributed by atoms with Crippen molar-refractivity contribution in [3.63, 3.8) is 0 Å². The number of halogens is 1. The summed E-state index contributed by atoms with van der Waals surface area (Å²) in [5.41, 5.74) is 9.53. The fourth-order valence-corrected chi connectivity index (χ4v) is 3.58. The number of benzene rings is 1. The summed E-state index contributed by atoms with van der Waals surface area (Å²) in [6.07, 6.45) is 7.14. The Hall–Kier alpha value is -1.03. The third kappa shape index (κ3) is 3.32. The molecular weight excluding hydrogens is 294 g/mol. The van der Waals surface area contributed by atoms with Crippen LogP contribution in [0.4, 0.5) is 0 Å². The van der Waals surface area contributed by atoms with Crippen molar-refractivity contribution in [2.45, 2.75) is 39.2 Å². The molecule has 0 radical (unpaired) electrons. The predicted octanol–water partition coefficient (Wildman–Crippen LogP) is 3.59. The van der Waals surface area contributed by atoms with Crippen molar-refractivity contribution in [2.24, 2.45) is 5.73 Å². The molecule has 0 bridgehead atoms. The summed E-state index contributed by atoms with van der Waals surface area (Å²) < 4.78 is 2.33. The normalized spacial score (nSPS) is 16.0. The molecule has 4 heteroatoms. The lowest BCUT2D eigenvalue weighted by molar-refractivity contribution is 0.344. The molecule has 3 nitrogen and oxygen atoms in total. The quantitative estimate of drug-likeness (QED) is 0.883. The lowest BCUT2D eigenvalue weighted by atomic mass is 10.1. The smallest absolute Gasteiger partial charge is 0.0498 e. The summed E-state index contributed by atoms with van der Waals surface area (Å²) in [5.74, 6) is 0. The minimum atomic E-state index is 0.725. The lowest BCUT2D eigenvalue weighted by Gasteiger charge is -2.13. The zero-order valence-electron chi connectivity index (χ0n) is 13.4. The topological polar surface area (TPSA) is 34.2 Å². The second-order valence-electron chi connectivity index (χ2n) is 6.41. The van der Waals surface area contributed by atoms with Crippen LogP contribution in [0, 0.1) is 6.92 Å². The van der Waals surface area contributed by atoms with Crippen molar-refractivity contribution in [1.82, 2.24) is 9.47 Å². The van der Waals surface area contributed by atoms with E-state index in [-0.39, 0.29) is 0 Å². The lowest BCUT2D eigenvalue weighted by Crippen LogP contribution is -2.21. The Kier molecular flexibility index (Phi) is 5.07. The van der Waals surface area contributed by atoms with Crippen LogP contribution in [0.5, 0.6) is 0 Å². The standard InChI is InChI=1S/C18H26ClN3/c1-14-11-16-15(5-10-21-7-2-3-8-21)13-22(9-4-6-20)18(16)12-17(14)19/h11-13H,2-10,20H2,1H3. The van der Waals surface area contributed by atoms with Gasteiger partial charge in [0, 0.05) is 35.2 Å². The van der Waals surface area contributed by atoms with Crippen molar-refractivity contribution < 1.29 is 0 Å². The van der Waals surface area contributed by atoms with Crippen molar-refractivity contribution in [3.05, 3.63) is 34.5 Å². The maximum Gasteiger partial charge on any atom is 0.0498 e. The van der Waals surface area contributed by atoms with Gasteiger partial charge in [-0.05, 0) is 75.5 Å². The maximum atomic E-state index is 6.34. The molecule has 1 aromatic heterocycles. The highest BCUT2D eigenvalue weighted by atomic mass is 35.5. The van der Waals surface area contributed by atoms with Gasteiger partial charge in [-0.3, -0.25) is 0 Å². The fourth-order valence-electron chi connectivity index (χ4n) is 3.42. The number of hydrogen-bond donors (Lipinski definition) is 1. The second-order valence-corrected chi connectivity index (χ2v) is 6.81. The average molecular weight is 320 g/mol. The summed E-state index contributed by atoms with van der Waals surface area (Å²) in [5, 5.41) is 2.21. The van der Waals surface area contributed by atoms with Gasteiger partial charge in [0.2, 0.25) is 0 Å². The predicted molar refractivity (Wildman–Crippen MR) is 94.7 cm³/mol. The Labute approximate surface area is 138 Å². The molecule has 1 saturated heterocycles. The molecule has 3 rings (SSSR count). The number of aromatic nitrogens is 1. The molecule has 0 atom stereocenters. The van der Waals surface area contributed by atoms with E-state index in [1.165, 1.54) is 42.4 Å². The van der Waals surface area contributed by atoms with E-state index < -0.39 is 0 Å². The van der Waals surface area contributed by atoms with Crippen molar-refractivity contribution >= 4 is 22.5 Å². The van der Waals surface area contributed by atoms with Gasteiger partial charge in [0.25, 0.3) is 0 Å².